The highest BCUT2D eigenvalue weighted by Gasteiger charge is 2.80. The number of hydrogen-bond donors (Lipinski definition) is 3. The summed E-state index contributed by atoms with van der Waals surface area (Å²) in [4.78, 5) is 68.5. The van der Waals surface area contributed by atoms with E-state index >= 15 is 0 Å². The lowest BCUT2D eigenvalue weighted by Gasteiger charge is -2.65. The van der Waals surface area contributed by atoms with Crippen molar-refractivity contribution in [3.05, 3.63) is 28.8 Å². The summed E-state index contributed by atoms with van der Waals surface area (Å²) in [5.74, 6) is -10.4. The Hall–Kier alpha value is -2.71. The van der Waals surface area contributed by atoms with Crippen LogP contribution in [0.1, 0.15) is 95.6 Å². The molecule has 3 aliphatic rings. The molecule has 2 fully saturated rings. The first-order valence-electron chi connectivity index (χ1n) is 14.3. The average Bonchev–Trinajstić information content (AvgIpc) is 2.85. The number of aromatic hydroxyl groups is 1. The van der Waals surface area contributed by atoms with Crippen LogP contribution in [-0.2, 0) is 25.6 Å². The number of ketones is 5. The summed E-state index contributed by atoms with van der Waals surface area (Å²) >= 11 is 0. The van der Waals surface area contributed by atoms with Crippen molar-refractivity contribution in [2.24, 2.45) is 40.4 Å². The Morgan fingerprint density at radius 3 is 2.15 bits per heavy atom. The smallest absolute Gasteiger partial charge is 0.191 e. The number of benzene rings is 1. The van der Waals surface area contributed by atoms with Gasteiger partial charge in [0.15, 0.2) is 28.7 Å². The first-order valence-corrected chi connectivity index (χ1v) is 14.3. The minimum absolute atomic E-state index is 0.0346. The van der Waals surface area contributed by atoms with Gasteiger partial charge in [-0.1, -0.05) is 67.0 Å². The lowest BCUT2D eigenvalue weighted by atomic mass is 9.37. The van der Waals surface area contributed by atoms with Crippen molar-refractivity contribution >= 4 is 28.9 Å². The first-order chi connectivity index (χ1) is 18.4. The van der Waals surface area contributed by atoms with E-state index in [-0.39, 0.29) is 11.3 Å². The summed E-state index contributed by atoms with van der Waals surface area (Å²) in [7, 11) is 0. The number of phenols is 1. The van der Waals surface area contributed by atoms with Gasteiger partial charge in [-0.05, 0) is 48.6 Å². The fourth-order valence-corrected chi connectivity index (χ4v) is 8.30. The van der Waals surface area contributed by atoms with Crippen molar-refractivity contribution in [2.45, 2.75) is 92.3 Å². The maximum absolute atomic E-state index is 14.4. The SMILES string of the molecule is CC(=O)C1C(=O)C(C(C)C)[C@@]2(C)[C@H](O)[C@]3(C)C(C(=O)c4c(ccc(CCCC(C)C)c4O)[C@H]3C)C(=O)[C@@]2(O)C1=O. The van der Waals surface area contributed by atoms with Crippen LogP contribution in [0.15, 0.2) is 12.1 Å². The zero-order chi connectivity index (χ0) is 30.3. The Bertz CT molecular complexity index is 1310. The highest BCUT2D eigenvalue weighted by atomic mass is 16.3. The Morgan fingerprint density at radius 1 is 1.02 bits per heavy atom. The number of fused-ring (bicyclic) bond motifs is 3. The molecule has 3 N–H and O–H groups in total. The molecule has 4 rings (SSSR count). The van der Waals surface area contributed by atoms with Crippen LogP contribution in [0, 0.1) is 40.4 Å². The molecule has 0 bridgehead atoms. The third-order valence-corrected chi connectivity index (χ3v) is 10.5. The minimum Gasteiger partial charge on any atom is -0.507 e. The van der Waals surface area contributed by atoms with E-state index in [0.29, 0.717) is 23.5 Å². The van der Waals surface area contributed by atoms with Gasteiger partial charge in [-0.3, -0.25) is 24.0 Å². The van der Waals surface area contributed by atoms with Gasteiger partial charge in [-0.15, -0.1) is 0 Å². The summed E-state index contributed by atoms with van der Waals surface area (Å²) in [5, 5.41) is 35.6. The number of carbonyl (C=O) groups is 5. The highest BCUT2D eigenvalue weighted by Crippen LogP contribution is 2.66. The Balaban J connectivity index is 1.95. The number of hydrogen-bond acceptors (Lipinski definition) is 8. The molecule has 3 aliphatic carbocycles. The lowest BCUT2D eigenvalue weighted by Crippen LogP contribution is -2.81. The maximum Gasteiger partial charge on any atom is 0.191 e. The average molecular weight is 555 g/mol. The number of carbonyl (C=O) groups excluding carboxylic acids is 5. The molecule has 1 aromatic carbocycles. The maximum atomic E-state index is 14.4. The van der Waals surface area contributed by atoms with Crippen molar-refractivity contribution < 1.29 is 39.3 Å². The van der Waals surface area contributed by atoms with Gasteiger partial charge in [0.1, 0.15) is 17.5 Å². The van der Waals surface area contributed by atoms with Gasteiger partial charge in [-0.25, -0.2) is 0 Å². The van der Waals surface area contributed by atoms with Gasteiger partial charge in [0.2, 0.25) is 0 Å². The molecule has 8 atom stereocenters. The second-order valence-electron chi connectivity index (χ2n) is 13.5. The zero-order valence-electron chi connectivity index (χ0n) is 24.7. The molecule has 0 amide bonds. The molecule has 3 unspecified atom stereocenters. The van der Waals surface area contributed by atoms with Gasteiger partial charge < -0.3 is 15.3 Å². The minimum atomic E-state index is -2.95. The molecule has 0 aromatic heterocycles. The molecule has 1 aromatic rings. The van der Waals surface area contributed by atoms with Crippen molar-refractivity contribution in [1.29, 1.82) is 0 Å². The third kappa shape index (κ3) is 3.60. The monoisotopic (exact) mass is 554 g/mol. The van der Waals surface area contributed by atoms with E-state index in [0.717, 1.165) is 19.8 Å². The largest absolute Gasteiger partial charge is 0.507 e. The first kappa shape index (κ1) is 30.3. The second kappa shape index (κ2) is 9.69. The lowest BCUT2D eigenvalue weighted by molar-refractivity contribution is -0.240. The molecule has 0 saturated heterocycles. The van der Waals surface area contributed by atoms with Crippen LogP contribution < -0.4 is 0 Å². The van der Waals surface area contributed by atoms with E-state index in [1.807, 2.05) is 0 Å². The van der Waals surface area contributed by atoms with Crippen LogP contribution in [0.3, 0.4) is 0 Å². The number of aryl methyl sites for hydroxylation is 1. The molecule has 0 spiro atoms. The van der Waals surface area contributed by atoms with Gasteiger partial charge in [0.25, 0.3) is 0 Å². The molecule has 8 heteroatoms. The molecule has 2 saturated carbocycles. The standard InChI is InChI=1S/C32H42O8/c1-14(2)10-9-11-18-12-13-19-16(5)30(7)23(26(36)21(19)24(18)34)28(38)32(40)27(37)20(17(6)33)25(35)22(15(3)4)31(32,8)29(30)39/h12-16,20,22-23,29,34,39-40H,9-11H2,1-8H3/t16-,20?,22?,23?,29-,30+,31+,32+/m1/s1. The van der Waals surface area contributed by atoms with E-state index in [9.17, 15) is 39.3 Å². The number of rotatable bonds is 6. The van der Waals surface area contributed by atoms with Crippen LogP contribution >= 0.6 is 0 Å². The molecule has 0 heterocycles. The number of phenolic OH excluding ortho intramolecular Hbond substituents is 1. The zero-order valence-corrected chi connectivity index (χ0v) is 24.7. The topological polar surface area (TPSA) is 146 Å². The van der Waals surface area contributed by atoms with Crippen molar-refractivity contribution in [3.8, 4) is 5.75 Å². The van der Waals surface area contributed by atoms with Crippen LogP contribution in [0.5, 0.6) is 5.75 Å². The van der Waals surface area contributed by atoms with Gasteiger partial charge >= 0.3 is 0 Å². The Labute approximate surface area is 235 Å². The van der Waals surface area contributed by atoms with E-state index in [2.05, 4.69) is 13.8 Å². The van der Waals surface area contributed by atoms with E-state index in [4.69, 9.17) is 0 Å². The normalized spacial score (nSPS) is 37.5. The number of Topliss-reactive ketones (excluding diaryl/α,β-unsaturated/α-hetero) is 5. The summed E-state index contributed by atoms with van der Waals surface area (Å²) in [6.07, 6.45) is 0.584. The van der Waals surface area contributed by atoms with Crippen molar-refractivity contribution in [3.63, 3.8) is 0 Å². The molecular formula is C32H42O8. The summed E-state index contributed by atoms with van der Waals surface area (Å²) < 4.78 is 0. The summed E-state index contributed by atoms with van der Waals surface area (Å²) in [5.41, 5.74) is -5.46. The fourth-order valence-electron chi connectivity index (χ4n) is 8.30. The number of aliphatic hydroxyl groups is 2. The summed E-state index contributed by atoms with van der Waals surface area (Å²) in [6.45, 7) is 13.3. The predicted octanol–water partition coefficient (Wildman–Crippen LogP) is 3.60. The third-order valence-electron chi connectivity index (χ3n) is 10.5. The van der Waals surface area contributed by atoms with Crippen molar-refractivity contribution in [2.75, 3.05) is 0 Å². The van der Waals surface area contributed by atoms with E-state index in [1.54, 1.807) is 39.8 Å². The molecule has 8 nitrogen and oxygen atoms in total. The summed E-state index contributed by atoms with van der Waals surface area (Å²) in [6, 6.07) is 3.51. The van der Waals surface area contributed by atoms with Gasteiger partial charge in [-0.2, -0.15) is 0 Å². The van der Waals surface area contributed by atoms with E-state index < -0.39 is 81.0 Å². The molecule has 218 valence electrons. The van der Waals surface area contributed by atoms with Crippen LogP contribution in [0.25, 0.3) is 0 Å². The molecule has 40 heavy (non-hydrogen) atoms. The predicted molar refractivity (Wildman–Crippen MR) is 147 cm³/mol. The van der Waals surface area contributed by atoms with E-state index in [1.165, 1.54) is 6.92 Å². The Kier molecular flexibility index (Phi) is 7.33. The highest BCUT2D eigenvalue weighted by molar-refractivity contribution is 6.32. The Morgan fingerprint density at radius 2 is 1.62 bits per heavy atom. The van der Waals surface area contributed by atoms with Gasteiger partial charge in [0, 0.05) is 16.7 Å². The molecule has 0 radical (unpaired) electrons. The van der Waals surface area contributed by atoms with Crippen molar-refractivity contribution in [1.82, 2.24) is 0 Å². The fraction of sp³-hybridized carbons (Fsp3) is 0.656. The quantitative estimate of drug-likeness (QED) is 0.452. The van der Waals surface area contributed by atoms with Crippen LogP contribution in [0.4, 0.5) is 0 Å². The molecular weight excluding hydrogens is 512 g/mol. The van der Waals surface area contributed by atoms with Crippen LogP contribution in [0.2, 0.25) is 0 Å². The number of aliphatic hydroxyl groups excluding tert-OH is 1. The second-order valence-corrected chi connectivity index (χ2v) is 13.5. The molecule has 0 aliphatic heterocycles. The van der Waals surface area contributed by atoms with Crippen LogP contribution in [-0.4, -0.2) is 55.9 Å². The van der Waals surface area contributed by atoms with Gasteiger partial charge in [0.05, 0.1) is 17.6 Å².